The van der Waals surface area contributed by atoms with Crippen molar-refractivity contribution in [3.63, 3.8) is 0 Å². The van der Waals surface area contributed by atoms with Crippen LogP contribution >= 0.6 is 22.9 Å². The number of aliphatic hydroxyl groups excluding tert-OH is 1. The second-order valence-electron chi connectivity index (χ2n) is 3.14. The molecule has 1 heterocycles. The van der Waals surface area contributed by atoms with Crippen molar-refractivity contribution in [2.24, 2.45) is 0 Å². The Bertz CT molecular complexity index is 497. The van der Waals surface area contributed by atoms with Gasteiger partial charge in [0.25, 0.3) is 0 Å². The lowest BCUT2D eigenvalue weighted by Crippen LogP contribution is -2.01. The number of hydrogen-bond acceptors (Lipinski definition) is 4. The van der Waals surface area contributed by atoms with Crippen LogP contribution in [0.25, 0.3) is 0 Å². The molecule has 1 aromatic carbocycles. The number of thiazole rings is 1. The Kier molecular flexibility index (Phi) is 3.09. The number of nitrogens with two attached hydrogens (primary N) is 1. The predicted octanol–water partition coefficient (Wildman–Crippen LogP) is 2.60. The molecule has 2 rings (SSSR count). The highest BCUT2D eigenvalue weighted by atomic mass is 35.5. The molecule has 0 aliphatic carbocycles. The van der Waals surface area contributed by atoms with Gasteiger partial charge in [-0.25, -0.2) is 9.37 Å². The minimum atomic E-state index is -1.14. The van der Waals surface area contributed by atoms with Gasteiger partial charge in [-0.05, 0) is 12.1 Å². The van der Waals surface area contributed by atoms with Crippen LogP contribution in [0.2, 0.25) is 5.02 Å². The quantitative estimate of drug-likeness (QED) is 0.871. The standard InChI is InChI=1S/C10H8ClFN2OS/c11-5-2-1-3-6(12)8(5)9(15)7-4-14-10(13)16-7/h1-4,9,15H,(H2,13,14). The zero-order chi connectivity index (χ0) is 11.7. The molecule has 0 aliphatic rings. The van der Waals surface area contributed by atoms with Crippen LogP contribution in [0.1, 0.15) is 16.5 Å². The molecular formula is C10H8ClFN2OS. The van der Waals surface area contributed by atoms with Crippen molar-refractivity contribution in [3.8, 4) is 0 Å². The van der Waals surface area contributed by atoms with Crippen molar-refractivity contribution in [2.45, 2.75) is 6.10 Å². The van der Waals surface area contributed by atoms with Gasteiger partial charge in [-0.1, -0.05) is 29.0 Å². The number of hydrogen-bond donors (Lipinski definition) is 2. The summed E-state index contributed by atoms with van der Waals surface area (Å²) < 4.78 is 13.5. The molecule has 1 unspecified atom stereocenters. The summed E-state index contributed by atoms with van der Waals surface area (Å²) in [4.78, 5) is 4.26. The molecule has 0 radical (unpaired) electrons. The highest BCUT2D eigenvalue weighted by Crippen LogP contribution is 2.33. The van der Waals surface area contributed by atoms with Gasteiger partial charge in [0.1, 0.15) is 11.9 Å². The van der Waals surface area contributed by atoms with Crippen LogP contribution in [0.4, 0.5) is 9.52 Å². The van der Waals surface area contributed by atoms with Gasteiger partial charge in [-0.15, -0.1) is 0 Å². The third-order valence-corrected chi connectivity index (χ3v) is 3.29. The maximum absolute atomic E-state index is 13.5. The minimum Gasteiger partial charge on any atom is -0.383 e. The molecule has 0 saturated carbocycles. The van der Waals surface area contributed by atoms with Crippen molar-refractivity contribution in [1.29, 1.82) is 0 Å². The van der Waals surface area contributed by atoms with E-state index >= 15 is 0 Å². The number of halogens is 2. The van der Waals surface area contributed by atoms with Crippen LogP contribution < -0.4 is 5.73 Å². The van der Waals surface area contributed by atoms with Crippen LogP contribution in [0.5, 0.6) is 0 Å². The highest BCUT2D eigenvalue weighted by molar-refractivity contribution is 7.15. The van der Waals surface area contributed by atoms with E-state index in [9.17, 15) is 9.50 Å². The van der Waals surface area contributed by atoms with E-state index in [0.717, 1.165) is 11.3 Å². The molecule has 84 valence electrons. The topological polar surface area (TPSA) is 59.1 Å². The van der Waals surface area contributed by atoms with Gasteiger partial charge in [-0.2, -0.15) is 0 Å². The third kappa shape index (κ3) is 2.02. The fourth-order valence-corrected chi connectivity index (χ4v) is 2.29. The number of benzene rings is 1. The van der Waals surface area contributed by atoms with Crippen molar-refractivity contribution < 1.29 is 9.50 Å². The molecule has 0 fully saturated rings. The van der Waals surface area contributed by atoms with E-state index in [-0.39, 0.29) is 10.6 Å². The predicted molar refractivity (Wildman–Crippen MR) is 62.0 cm³/mol. The average molecular weight is 259 g/mol. The molecule has 6 heteroatoms. The van der Waals surface area contributed by atoms with E-state index in [1.165, 1.54) is 24.4 Å². The average Bonchev–Trinajstić information content (AvgIpc) is 2.64. The molecular weight excluding hydrogens is 251 g/mol. The van der Waals surface area contributed by atoms with Gasteiger partial charge in [0.2, 0.25) is 0 Å². The summed E-state index contributed by atoms with van der Waals surface area (Å²) in [5.74, 6) is -0.549. The minimum absolute atomic E-state index is 0.0489. The van der Waals surface area contributed by atoms with Crippen molar-refractivity contribution in [1.82, 2.24) is 4.98 Å². The maximum atomic E-state index is 13.5. The Morgan fingerprint density at radius 2 is 2.25 bits per heavy atom. The van der Waals surface area contributed by atoms with Gasteiger partial charge in [0.05, 0.1) is 4.88 Å². The fraction of sp³-hybridized carbons (Fsp3) is 0.100. The molecule has 1 atom stereocenters. The van der Waals surface area contributed by atoms with Crippen molar-refractivity contribution >= 4 is 28.1 Å². The SMILES string of the molecule is Nc1ncc(C(O)c2c(F)cccc2Cl)s1. The van der Waals surface area contributed by atoms with Crippen molar-refractivity contribution in [3.05, 3.63) is 45.7 Å². The Morgan fingerprint density at radius 1 is 1.50 bits per heavy atom. The molecule has 3 N–H and O–H groups in total. The fourth-order valence-electron chi connectivity index (χ4n) is 1.34. The Morgan fingerprint density at radius 3 is 2.81 bits per heavy atom. The number of aliphatic hydroxyl groups is 1. The summed E-state index contributed by atoms with van der Waals surface area (Å²) >= 11 is 6.93. The molecule has 0 spiro atoms. The maximum Gasteiger partial charge on any atom is 0.180 e. The number of nitrogens with zero attached hydrogens (tertiary/aromatic N) is 1. The van der Waals surface area contributed by atoms with E-state index < -0.39 is 11.9 Å². The smallest absolute Gasteiger partial charge is 0.180 e. The van der Waals surface area contributed by atoms with E-state index in [4.69, 9.17) is 17.3 Å². The Balaban J connectivity index is 2.45. The van der Waals surface area contributed by atoms with E-state index in [1.54, 1.807) is 0 Å². The molecule has 0 amide bonds. The zero-order valence-electron chi connectivity index (χ0n) is 8.02. The monoisotopic (exact) mass is 258 g/mol. The Labute approximate surface area is 100 Å². The number of rotatable bonds is 2. The molecule has 0 bridgehead atoms. The second-order valence-corrected chi connectivity index (χ2v) is 4.64. The van der Waals surface area contributed by atoms with Crippen LogP contribution in [0.15, 0.2) is 24.4 Å². The van der Waals surface area contributed by atoms with E-state index in [2.05, 4.69) is 4.98 Å². The summed E-state index contributed by atoms with van der Waals surface area (Å²) in [6.45, 7) is 0. The largest absolute Gasteiger partial charge is 0.383 e. The number of anilines is 1. The van der Waals surface area contributed by atoms with Gasteiger partial charge in [-0.3, -0.25) is 0 Å². The summed E-state index contributed by atoms with van der Waals surface area (Å²) in [5.41, 5.74) is 5.49. The zero-order valence-corrected chi connectivity index (χ0v) is 9.60. The first kappa shape index (κ1) is 11.3. The van der Waals surface area contributed by atoms with E-state index in [1.807, 2.05) is 0 Å². The summed E-state index contributed by atoms with van der Waals surface area (Å²) in [5, 5.41) is 10.5. The molecule has 0 aliphatic heterocycles. The second kappa shape index (κ2) is 4.37. The van der Waals surface area contributed by atoms with Gasteiger partial charge < -0.3 is 10.8 Å². The summed E-state index contributed by atoms with van der Waals surface area (Å²) in [7, 11) is 0. The molecule has 2 aromatic rings. The molecule has 3 nitrogen and oxygen atoms in total. The first-order chi connectivity index (χ1) is 7.59. The lowest BCUT2D eigenvalue weighted by molar-refractivity contribution is 0.218. The Hall–Kier alpha value is -1.17. The van der Waals surface area contributed by atoms with Crippen LogP contribution in [-0.4, -0.2) is 10.1 Å². The third-order valence-electron chi connectivity index (χ3n) is 2.08. The normalized spacial score (nSPS) is 12.7. The number of aromatic nitrogens is 1. The van der Waals surface area contributed by atoms with Gasteiger partial charge >= 0.3 is 0 Å². The summed E-state index contributed by atoms with van der Waals surface area (Å²) in [6.07, 6.45) is 0.275. The lowest BCUT2D eigenvalue weighted by Gasteiger charge is -2.11. The molecule has 0 saturated heterocycles. The van der Waals surface area contributed by atoms with Crippen LogP contribution in [0, 0.1) is 5.82 Å². The molecule has 16 heavy (non-hydrogen) atoms. The van der Waals surface area contributed by atoms with Crippen LogP contribution in [-0.2, 0) is 0 Å². The molecule has 1 aromatic heterocycles. The highest BCUT2D eigenvalue weighted by Gasteiger charge is 2.20. The van der Waals surface area contributed by atoms with Gasteiger partial charge in [0, 0.05) is 16.8 Å². The first-order valence-electron chi connectivity index (χ1n) is 4.42. The lowest BCUT2D eigenvalue weighted by atomic mass is 10.1. The van der Waals surface area contributed by atoms with Crippen LogP contribution in [0.3, 0.4) is 0 Å². The van der Waals surface area contributed by atoms with Crippen molar-refractivity contribution in [2.75, 3.05) is 5.73 Å². The van der Waals surface area contributed by atoms with Gasteiger partial charge in [0.15, 0.2) is 5.13 Å². The number of nitrogen functional groups attached to an aromatic ring is 1. The van der Waals surface area contributed by atoms with E-state index in [0.29, 0.717) is 10.0 Å². The summed E-state index contributed by atoms with van der Waals surface area (Å²) in [6, 6.07) is 4.25. The first-order valence-corrected chi connectivity index (χ1v) is 5.62.